The molecule has 1 heteroatoms. The molecule has 0 aliphatic heterocycles. The first-order valence-electron chi connectivity index (χ1n) is 6.37. The van der Waals surface area contributed by atoms with E-state index < -0.39 is 0 Å². The number of hydrogen-bond acceptors (Lipinski definition) is 1. The molecule has 88 valence electrons. The van der Waals surface area contributed by atoms with Gasteiger partial charge in [-0.3, -0.25) is 0 Å². The van der Waals surface area contributed by atoms with Crippen LogP contribution in [0.5, 0.6) is 0 Å². The van der Waals surface area contributed by atoms with Crippen LogP contribution in [-0.4, -0.2) is 6.54 Å². The third-order valence-corrected chi connectivity index (χ3v) is 4.14. The van der Waals surface area contributed by atoms with E-state index >= 15 is 0 Å². The molecule has 1 aliphatic rings. The van der Waals surface area contributed by atoms with Gasteiger partial charge in [0.15, 0.2) is 0 Å². The summed E-state index contributed by atoms with van der Waals surface area (Å²) in [5.41, 5.74) is 12.1. The number of benzene rings is 1. The first-order valence-corrected chi connectivity index (χ1v) is 6.37. The Morgan fingerprint density at radius 3 is 2.06 bits per heavy atom. The molecule has 0 atom stereocenters. The van der Waals surface area contributed by atoms with Crippen LogP contribution >= 0.6 is 0 Å². The maximum Gasteiger partial charge on any atom is -0.00297 e. The van der Waals surface area contributed by atoms with Crippen molar-refractivity contribution in [3.63, 3.8) is 0 Å². The standard InChI is InChI=1S/C15H23N/c1-11-9-12(2)14(13(3)10-11)15(7-8-16)5-4-6-15/h9-10H,4-8,16H2,1-3H3. The highest BCUT2D eigenvalue weighted by atomic mass is 14.6. The van der Waals surface area contributed by atoms with Gasteiger partial charge in [0.25, 0.3) is 0 Å². The summed E-state index contributed by atoms with van der Waals surface area (Å²) in [6.45, 7) is 7.50. The molecule has 0 saturated heterocycles. The van der Waals surface area contributed by atoms with Crippen LogP contribution in [0.2, 0.25) is 0 Å². The summed E-state index contributed by atoms with van der Waals surface area (Å²) >= 11 is 0. The average molecular weight is 217 g/mol. The van der Waals surface area contributed by atoms with Gasteiger partial charge in [0, 0.05) is 0 Å². The van der Waals surface area contributed by atoms with E-state index in [1.807, 2.05) is 0 Å². The molecule has 0 spiro atoms. The predicted octanol–water partition coefficient (Wildman–Crippen LogP) is 3.38. The van der Waals surface area contributed by atoms with Gasteiger partial charge < -0.3 is 5.73 Å². The minimum Gasteiger partial charge on any atom is -0.330 e. The molecule has 1 aromatic carbocycles. The molecule has 0 heterocycles. The maximum absolute atomic E-state index is 5.79. The van der Waals surface area contributed by atoms with Crippen LogP contribution in [0.1, 0.15) is 47.9 Å². The largest absolute Gasteiger partial charge is 0.330 e. The summed E-state index contributed by atoms with van der Waals surface area (Å²) in [4.78, 5) is 0. The number of rotatable bonds is 3. The Morgan fingerprint density at radius 1 is 1.12 bits per heavy atom. The monoisotopic (exact) mass is 217 g/mol. The van der Waals surface area contributed by atoms with Gasteiger partial charge in [0.2, 0.25) is 0 Å². The minimum absolute atomic E-state index is 0.413. The molecule has 16 heavy (non-hydrogen) atoms. The zero-order valence-electron chi connectivity index (χ0n) is 10.8. The molecule has 1 aromatic rings. The zero-order chi connectivity index (χ0) is 11.8. The van der Waals surface area contributed by atoms with Gasteiger partial charge in [0.1, 0.15) is 0 Å². The molecule has 2 N–H and O–H groups in total. The SMILES string of the molecule is Cc1cc(C)c(C2(CCN)CCC2)c(C)c1. The van der Waals surface area contributed by atoms with Crippen LogP contribution in [0.15, 0.2) is 12.1 Å². The van der Waals surface area contributed by atoms with Crippen molar-refractivity contribution in [1.82, 2.24) is 0 Å². The molecule has 0 amide bonds. The number of hydrogen-bond donors (Lipinski definition) is 1. The number of aryl methyl sites for hydroxylation is 3. The van der Waals surface area contributed by atoms with Crippen molar-refractivity contribution in [3.8, 4) is 0 Å². The van der Waals surface area contributed by atoms with Gasteiger partial charge >= 0.3 is 0 Å². The quantitative estimate of drug-likeness (QED) is 0.825. The van der Waals surface area contributed by atoms with E-state index in [-0.39, 0.29) is 0 Å². The molecule has 0 aromatic heterocycles. The summed E-state index contributed by atoms with van der Waals surface area (Å²) in [5, 5.41) is 0. The van der Waals surface area contributed by atoms with Crippen molar-refractivity contribution < 1.29 is 0 Å². The topological polar surface area (TPSA) is 26.0 Å². The second-order valence-corrected chi connectivity index (χ2v) is 5.45. The molecule has 0 bridgehead atoms. The summed E-state index contributed by atoms with van der Waals surface area (Å²) in [6.07, 6.45) is 5.17. The van der Waals surface area contributed by atoms with Crippen LogP contribution in [0.3, 0.4) is 0 Å². The fourth-order valence-corrected chi connectivity index (χ4v) is 3.52. The lowest BCUT2D eigenvalue weighted by atomic mass is 9.60. The lowest BCUT2D eigenvalue weighted by Crippen LogP contribution is -2.37. The Bertz CT molecular complexity index is 365. The summed E-state index contributed by atoms with van der Waals surface area (Å²) in [5.74, 6) is 0. The average Bonchev–Trinajstić information content (AvgIpc) is 2.12. The molecule has 2 rings (SSSR count). The first kappa shape index (κ1) is 11.7. The van der Waals surface area contributed by atoms with E-state index in [2.05, 4.69) is 32.9 Å². The highest BCUT2D eigenvalue weighted by molar-refractivity contribution is 5.44. The smallest absolute Gasteiger partial charge is 0.00297 e. The molecule has 1 fully saturated rings. The van der Waals surface area contributed by atoms with Crippen molar-refractivity contribution in [2.24, 2.45) is 5.73 Å². The molecular formula is C15H23N. The Morgan fingerprint density at radius 2 is 1.69 bits per heavy atom. The Balaban J connectivity index is 2.46. The lowest BCUT2D eigenvalue weighted by Gasteiger charge is -2.44. The molecule has 1 aliphatic carbocycles. The molecule has 0 radical (unpaired) electrons. The lowest BCUT2D eigenvalue weighted by molar-refractivity contribution is 0.227. The van der Waals surface area contributed by atoms with Crippen molar-refractivity contribution in [2.75, 3.05) is 6.54 Å². The van der Waals surface area contributed by atoms with E-state index in [0.717, 1.165) is 13.0 Å². The van der Waals surface area contributed by atoms with E-state index in [1.165, 1.54) is 36.0 Å². The highest BCUT2D eigenvalue weighted by Crippen LogP contribution is 2.48. The van der Waals surface area contributed by atoms with Gasteiger partial charge in [-0.25, -0.2) is 0 Å². The van der Waals surface area contributed by atoms with Gasteiger partial charge in [-0.05, 0) is 68.7 Å². The summed E-state index contributed by atoms with van der Waals surface area (Å²) < 4.78 is 0. The molecule has 1 nitrogen and oxygen atoms in total. The van der Waals surface area contributed by atoms with E-state index in [9.17, 15) is 0 Å². The Labute approximate surface area is 99.0 Å². The van der Waals surface area contributed by atoms with Crippen LogP contribution < -0.4 is 5.73 Å². The van der Waals surface area contributed by atoms with Crippen LogP contribution in [0, 0.1) is 20.8 Å². The second kappa shape index (κ2) is 4.21. The fourth-order valence-electron chi connectivity index (χ4n) is 3.52. The van der Waals surface area contributed by atoms with Gasteiger partial charge in [0.05, 0.1) is 0 Å². The molecule has 1 saturated carbocycles. The Kier molecular flexibility index (Phi) is 3.07. The van der Waals surface area contributed by atoms with E-state index in [4.69, 9.17) is 5.73 Å². The van der Waals surface area contributed by atoms with Gasteiger partial charge in [-0.1, -0.05) is 24.1 Å². The van der Waals surface area contributed by atoms with E-state index in [1.54, 1.807) is 5.56 Å². The van der Waals surface area contributed by atoms with Crippen LogP contribution in [0.25, 0.3) is 0 Å². The number of nitrogens with two attached hydrogens (primary N) is 1. The first-order chi connectivity index (χ1) is 7.59. The van der Waals surface area contributed by atoms with Crippen molar-refractivity contribution >= 4 is 0 Å². The summed E-state index contributed by atoms with van der Waals surface area (Å²) in [6, 6.07) is 4.64. The second-order valence-electron chi connectivity index (χ2n) is 5.45. The third-order valence-electron chi connectivity index (χ3n) is 4.14. The fraction of sp³-hybridized carbons (Fsp3) is 0.600. The predicted molar refractivity (Wildman–Crippen MR) is 69.9 cm³/mol. The van der Waals surface area contributed by atoms with E-state index in [0.29, 0.717) is 5.41 Å². The van der Waals surface area contributed by atoms with Crippen LogP contribution in [0.4, 0.5) is 0 Å². The normalized spacial score (nSPS) is 18.2. The van der Waals surface area contributed by atoms with Crippen molar-refractivity contribution in [2.45, 2.75) is 51.9 Å². The highest BCUT2D eigenvalue weighted by Gasteiger charge is 2.39. The van der Waals surface area contributed by atoms with Crippen LogP contribution in [-0.2, 0) is 5.41 Å². The van der Waals surface area contributed by atoms with Crippen molar-refractivity contribution in [1.29, 1.82) is 0 Å². The zero-order valence-corrected chi connectivity index (χ0v) is 10.8. The molecule has 0 unspecified atom stereocenters. The maximum atomic E-state index is 5.79. The minimum atomic E-state index is 0.413. The summed E-state index contributed by atoms with van der Waals surface area (Å²) in [7, 11) is 0. The third kappa shape index (κ3) is 1.78. The van der Waals surface area contributed by atoms with Gasteiger partial charge in [-0.15, -0.1) is 0 Å². The van der Waals surface area contributed by atoms with Gasteiger partial charge in [-0.2, -0.15) is 0 Å². The van der Waals surface area contributed by atoms with Crippen molar-refractivity contribution in [3.05, 3.63) is 34.4 Å². The Hall–Kier alpha value is -0.820. The molecular weight excluding hydrogens is 194 g/mol.